The zero-order valence-electron chi connectivity index (χ0n) is 13.5. The molecule has 0 heterocycles. The summed E-state index contributed by atoms with van der Waals surface area (Å²) in [6.45, 7) is 0.382. The van der Waals surface area contributed by atoms with Gasteiger partial charge in [0.25, 0.3) is 5.91 Å². The molecule has 2 rings (SSSR count). The molecule has 0 radical (unpaired) electrons. The van der Waals surface area contributed by atoms with E-state index in [0.717, 1.165) is 4.90 Å². The first-order valence-corrected chi connectivity index (χ1v) is 10.2. The SMILES string of the molecule is O=C(NCCSSc1ccc(F)cc1)/C(Cc1ccc(O)c(Cl)c1)=N\O. The van der Waals surface area contributed by atoms with Crippen LogP contribution in [0.15, 0.2) is 52.5 Å². The van der Waals surface area contributed by atoms with Crippen LogP contribution in [0.1, 0.15) is 5.56 Å². The molecular weight excluding hydrogens is 399 g/mol. The number of aromatic hydroxyl groups is 1. The number of phenols is 1. The van der Waals surface area contributed by atoms with Crippen molar-refractivity contribution in [1.29, 1.82) is 0 Å². The minimum atomic E-state index is -0.482. The molecule has 0 aliphatic carbocycles. The van der Waals surface area contributed by atoms with Gasteiger partial charge in [-0.1, -0.05) is 44.4 Å². The normalized spacial score (nSPS) is 11.4. The number of oxime groups is 1. The third-order valence-corrected chi connectivity index (χ3v) is 5.89. The molecule has 0 bridgehead atoms. The molecule has 2 aromatic carbocycles. The Balaban J connectivity index is 1.74. The lowest BCUT2D eigenvalue weighted by Gasteiger charge is -2.07. The molecule has 138 valence electrons. The van der Waals surface area contributed by atoms with Gasteiger partial charge in [-0.25, -0.2) is 4.39 Å². The number of nitrogens with zero attached hydrogens (tertiary/aromatic N) is 1. The summed E-state index contributed by atoms with van der Waals surface area (Å²) < 4.78 is 12.8. The van der Waals surface area contributed by atoms with E-state index in [0.29, 0.717) is 17.9 Å². The Kier molecular flexibility index (Phi) is 8.08. The number of carbonyl (C=O) groups excluding carboxylic acids is 1. The standard InChI is InChI=1S/C17H16ClFN2O3S2/c18-14-9-11(1-6-16(14)22)10-15(21-24)17(23)20-7-8-25-26-13-4-2-12(19)3-5-13/h1-6,9,22,24H,7-8,10H2,(H,20,23)/b21-15-. The molecule has 0 spiro atoms. The maximum Gasteiger partial charge on any atom is 0.269 e. The average molecular weight is 415 g/mol. The summed E-state index contributed by atoms with van der Waals surface area (Å²) in [7, 11) is 2.99. The molecule has 0 saturated heterocycles. The van der Waals surface area contributed by atoms with E-state index in [4.69, 9.17) is 16.8 Å². The molecule has 3 N–H and O–H groups in total. The topological polar surface area (TPSA) is 81.9 Å². The summed E-state index contributed by atoms with van der Waals surface area (Å²) in [6, 6.07) is 10.7. The van der Waals surface area contributed by atoms with Gasteiger partial charge in [0.1, 0.15) is 17.3 Å². The average Bonchev–Trinajstić information content (AvgIpc) is 2.63. The smallest absolute Gasteiger partial charge is 0.269 e. The first-order chi connectivity index (χ1) is 12.5. The quantitative estimate of drug-likeness (QED) is 0.199. The number of phenolic OH excluding ortho intramolecular Hbond substituents is 1. The van der Waals surface area contributed by atoms with Gasteiger partial charge in [0.15, 0.2) is 0 Å². The fourth-order valence-electron chi connectivity index (χ4n) is 1.92. The van der Waals surface area contributed by atoms with Crippen LogP contribution < -0.4 is 5.32 Å². The van der Waals surface area contributed by atoms with E-state index in [1.165, 1.54) is 45.9 Å². The fourth-order valence-corrected chi connectivity index (χ4v) is 4.02. The molecule has 0 fully saturated rings. The monoisotopic (exact) mass is 414 g/mol. The Morgan fingerprint density at radius 1 is 1.23 bits per heavy atom. The van der Waals surface area contributed by atoms with Crippen LogP contribution in [0.5, 0.6) is 5.75 Å². The Labute approximate surface area is 163 Å². The minimum absolute atomic E-state index is 0.0528. The minimum Gasteiger partial charge on any atom is -0.506 e. The summed E-state index contributed by atoms with van der Waals surface area (Å²) in [5.41, 5.74) is 0.583. The second-order valence-electron chi connectivity index (χ2n) is 5.12. The van der Waals surface area contributed by atoms with Crippen LogP contribution in [0.2, 0.25) is 5.02 Å². The van der Waals surface area contributed by atoms with Crippen LogP contribution >= 0.6 is 33.2 Å². The van der Waals surface area contributed by atoms with E-state index in [-0.39, 0.29) is 28.7 Å². The van der Waals surface area contributed by atoms with Gasteiger partial charge >= 0.3 is 0 Å². The van der Waals surface area contributed by atoms with Crippen molar-refractivity contribution in [1.82, 2.24) is 5.32 Å². The van der Waals surface area contributed by atoms with Gasteiger partial charge in [-0.2, -0.15) is 0 Å². The summed E-state index contributed by atoms with van der Waals surface area (Å²) in [5, 5.41) is 24.3. The molecule has 0 aromatic heterocycles. The highest BCUT2D eigenvalue weighted by molar-refractivity contribution is 8.76. The molecule has 0 aliphatic rings. The fraction of sp³-hybridized carbons (Fsp3) is 0.176. The van der Waals surface area contributed by atoms with Gasteiger partial charge in [-0.05, 0) is 42.0 Å². The molecule has 0 saturated carbocycles. The number of hydrogen-bond donors (Lipinski definition) is 3. The maximum absolute atomic E-state index is 12.8. The molecule has 0 aliphatic heterocycles. The van der Waals surface area contributed by atoms with Crippen molar-refractivity contribution < 1.29 is 19.5 Å². The van der Waals surface area contributed by atoms with Crippen molar-refractivity contribution in [2.45, 2.75) is 11.3 Å². The van der Waals surface area contributed by atoms with Gasteiger partial charge in [0.05, 0.1) is 5.02 Å². The van der Waals surface area contributed by atoms with Gasteiger partial charge < -0.3 is 15.6 Å². The number of benzene rings is 2. The highest BCUT2D eigenvalue weighted by Gasteiger charge is 2.13. The van der Waals surface area contributed by atoms with E-state index >= 15 is 0 Å². The summed E-state index contributed by atoms with van der Waals surface area (Å²) >= 11 is 5.82. The van der Waals surface area contributed by atoms with Gasteiger partial charge in [0, 0.05) is 23.6 Å². The maximum atomic E-state index is 12.8. The van der Waals surface area contributed by atoms with E-state index in [9.17, 15) is 14.3 Å². The number of amides is 1. The van der Waals surface area contributed by atoms with Gasteiger partial charge in [0.2, 0.25) is 0 Å². The number of rotatable bonds is 8. The van der Waals surface area contributed by atoms with E-state index in [1.807, 2.05) is 0 Å². The molecule has 26 heavy (non-hydrogen) atoms. The number of hydrogen-bond acceptors (Lipinski definition) is 6. The van der Waals surface area contributed by atoms with Gasteiger partial charge in [-0.3, -0.25) is 4.79 Å². The van der Waals surface area contributed by atoms with E-state index < -0.39 is 5.91 Å². The van der Waals surface area contributed by atoms with E-state index in [2.05, 4.69) is 10.5 Å². The molecule has 2 aromatic rings. The second kappa shape index (κ2) is 10.3. The Bertz CT molecular complexity index is 788. The van der Waals surface area contributed by atoms with Crippen LogP contribution in [0.4, 0.5) is 4.39 Å². The van der Waals surface area contributed by atoms with Crippen molar-refractivity contribution >= 4 is 44.8 Å². The first-order valence-electron chi connectivity index (χ1n) is 7.51. The third-order valence-electron chi connectivity index (χ3n) is 3.21. The molecule has 1 amide bonds. The number of halogens is 2. The van der Waals surface area contributed by atoms with Crippen molar-refractivity contribution in [2.75, 3.05) is 12.3 Å². The molecule has 0 unspecified atom stereocenters. The van der Waals surface area contributed by atoms with Crippen molar-refractivity contribution in [3.05, 3.63) is 58.9 Å². The summed E-state index contributed by atoms with van der Waals surface area (Å²) in [4.78, 5) is 13.0. The highest BCUT2D eigenvalue weighted by Crippen LogP contribution is 2.30. The van der Waals surface area contributed by atoms with Crippen molar-refractivity contribution in [3.63, 3.8) is 0 Å². The summed E-state index contributed by atoms with van der Waals surface area (Å²) in [6.07, 6.45) is 0.0831. The van der Waals surface area contributed by atoms with Crippen LogP contribution in [0.3, 0.4) is 0 Å². The predicted octanol–water partition coefficient (Wildman–Crippen LogP) is 4.11. The molecule has 9 heteroatoms. The first kappa shape index (κ1) is 20.4. The zero-order chi connectivity index (χ0) is 18.9. The second-order valence-corrected chi connectivity index (χ2v) is 8.02. The predicted molar refractivity (Wildman–Crippen MR) is 104 cm³/mol. The lowest BCUT2D eigenvalue weighted by Crippen LogP contribution is -2.33. The summed E-state index contributed by atoms with van der Waals surface area (Å²) in [5.74, 6) is -0.197. The van der Waals surface area contributed by atoms with Crippen molar-refractivity contribution in [3.8, 4) is 5.75 Å². The van der Waals surface area contributed by atoms with E-state index in [1.54, 1.807) is 18.2 Å². The number of nitrogens with one attached hydrogen (secondary N) is 1. The lowest BCUT2D eigenvalue weighted by molar-refractivity contribution is -0.114. The molecule has 5 nitrogen and oxygen atoms in total. The zero-order valence-corrected chi connectivity index (χ0v) is 15.9. The number of carbonyl (C=O) groups is 1. The molecular formula is C17H16ClFN2O3S2. The van der Waals surface area contributed by atoms with Crippen LogP contribution in [-0.4, -0.2) is 34.2 Å². The van der Waals surface area contributed by atoms with Crippen molar-refractivity contribution in [2.24, 2.45) is 5.16 Å². The Morgan fingerprint density at radius 3 is 2.62 bits per heavy atom. The van der Waals surface area contributed by atoms with Crippen LogP contribution in [0.25, 0.3) is 0 Å². The van der Waals surface area contributed by atoms with Crippen LogP contribution in [0, 0.1) is 5.82 Å². The Hall–Kier alpha value is -1.90. The highest BCUT2D eigenvalue weighted by atomic mass is 35.5. The Morgan fingerprint density at radius 2 is 1.96 bits per heavy atom. The lowest BCUT2D eigenvalue weighted by atomic mass is 10.1. The van der Waals surface area contributed by atoms with Crippen LogP contribution in [-0.2, 0) is 11.2 Å². The largest absolute Gasteiger partial charge is 0.506 e. The van der Waals surface area contributed by atoms with Gasteiger partial charge in [-0.15, -0.1) is 0 Å². The molecule has 0 atom stereocenters. The third kappa shape index (κ3) is 6.44.